The van der Waals surface area contributed by atoms with E-state index < -0.39 is 0 Å². The molecule has 0 N–H and O–H groups in total. The molecule has 0 amide bonds. The lowest BCUT2D eigenvalue weighted by molar-refractivity contribution is 0.0730. The fourth-order valence-electron chi connectivity index (χ4n) is 1.42. The van der Waals surface area contributed by atoms with Gasteiger partial charge < -0.3 is 4.74 Å². The molecule has 0 aliphatic rings. The van der Waals surface area contributed by atoms with Gasteiger partial charge in [0, 0.05) is 5.02 Å². The predicted octanol–water partition coefficient (Wildman–Crippen LogP) is 4.45. The Bertz CT molecular complexity index is 551. The van der Waals surface area contributed by atoms with E-state index in [0.29, 0.717) is 20.8 Å². The van der Waals surface area contributed by atoms with E-state index >= 15 is 0 Å². The number of carbonyl (C=O) groups excluding carboxylic acids is 1. The quantitative estimate of drug-likeness (QED) is 0.762. The van der Waals surface area contributed by atoms with Gasteiger partial charge >= 0.3 is 0 Å². The molecule has 0 unspecified atom stereocenters. The van der Waals surface area contributed by atoms with Crippen LogP contribution in [0.4, 0.5) is 0 Å². The molecule has 5 heteroatoms. The van der Waals surface area contributed by atoms with Gasteiger partial charge in [-0.25, -0.2) is 0 Å². The molecule has 18 heavy (non-hydrogen) atoms. The molecule has 0 fully saturated rings. The maximum atomic E-state index is 11.7. The number of rotatable bonds is 5. The minimum absolute atomic E-state index is 0.0450. The van der Waals surface area contributed by atoms with Crippen LogP contribution in [-0.2, 0) is 11.3 Å². The van der Waals surface area contributed by atoms with Gasteiger partial charge in [-0.15, -0.1) is 11.3 Å². The van der Waals surface area contributed by atoms with Crippen LogP contribution in [0.2, 0.25) is 9.36 Å². The zero-order valence-corrected chi connectivity index (χ0v) is 11.7. The molecular weight excluding hydrogens is 291 g/mol. The van der Waals surface area contributed by atoms with Crippen molar-refractivity contribution in [2.45, 2.75) is 6.61 Å². The summed E-state index contributed by atoms with van der Waals surface area (Å²) in [6.07, 6.45) is 0. The fourth-order valence-corrected chi connectivity index (χ4v) is 2.60. The Labute approximate surface area is 119 Å². The van der Waals surface area contributed by atoms with Crippen LogP contribution in [0.25, 0.3) is 0 Å². The predicted molar refractivity (Wildman–Crippen MR) is 74.8 cm³/mol. The topological polar surface area (TPSA) is 26.3 Å². The second-order valence-corrected chi connectivity index (χ2v) is 5.80. The highest BCUT2D eigenvalue weighted by Crippen LogP contribution is 2.21. The molecule has 1 heterocycles. The van der Waals surface area contributed by atoms with Gasteiger partial charge in [0.2, 0.25) is 0 Å². The molecule has 0 spiro atoms. The number of thiophene rings is 1. The summed E-state index contributed by atoms with van der Waals surface area (Å²) in [5.74, 6) is -0.0612. The van der Waals surface area contributed by atoms with E-state index in [9.17, 15) is 4.79 Å². The molecule has 2 aromatic rings. The highest BCUT2D eigenvalue weighted by molar-refractivity contribution is 7.18. The van der Waals surface area contributed by atoms with E-state index in [-0.39, 0.29) is 12.4 Å². The Morgan fingerprint density at radius 3 is 2.72 bits per heavy atom. The molecule has 0 radical (unpaired) electrons. The van der Waals surface area contributed by atoms with E-state index in [0.717, 1.165) is 5.56 Å². The number of hydrogen-bond acceptors (Lipinski definition) is 3. The summed E-state index contributed by atoms with van der Waals surface area (Å²) in [6.45, 7) is 0.411. The first-order chi connectivity index (χ1) is 8.65. The fraction of sp³-hybridized carbons (Fsp3) is 0.154. The lowest BCUT2D eigenvalue weighted by Gasteiger charge is -2.03. The van der Waals surface area contributed by atoms with Crippen LogP contribution in [-0.4, -0.2) is 12.4 Å². The zero-order valence-electron chi connectivity index (χ0n) is 9.36. The first-order valence-corrected chi connectivity index (χ1v) is 6.83. The molecule has 94 valence electrons. The Balaban J connectivity index is 1.84. The van der Waals surface area contributed by atoms with Gasteiger partial charge in [0.25, 0.3) is 0 Å². The van der Waals surface area contributed by atoms with Crippen molar-refractivity contribution >= 4 is 40.3 Å². The minimum atomic E-state index is -0.0612. The van der Waals surface area contributed by atoms with E-state index in [4.69, 9.17) is 27.9 Å². The van der Waals surface area contributed by atoms with Crippen molar-refractivity contribution < 1.29 is 9.53 Å². The third-order valence-corrected chi connectivity index (χ3v) is 3.75. The van der Waals surface area contributed by atoms with Crippen LogP contribution in [0.5, 0.6) is 0 Å². The van der Waals surface area contributed by atoms with Crippen molar-refractivity contribution in [3.63, 3.8) is 0 Å². The van der Waals surface area contributed by atoms with Crippen LogP contribution in [0, 0.1) is 0 Å². The molecular formula is C13H10Cl2O2S. The summed E-state index contributed by atoms with van der Waals surface area (Å²) in [5.41, 5.74) is 0.944. The van der Waals surface area contributed by atoms with Crippen molar-refractivity contribution in [1.29, 1.82) is 0 Å². The number of carbonyl (C=O) groups is 1. The van der Waals surface area contributed by atoms with Gasteiger partial charge in [0.05, 0.1) is 15.8 Å². The zero-order chi connectivity index (χ0) is 13.0. The van der Waals surface area contributed by atoms with Crippen LogP contribution in [0.15, 0.2) is 36.4 Å². The molecule has 1 aromatic heterocycles. The van der Waals surface area contributed by atoms with Crippen LogP contribution >= 0.6 is 34.5 Å². The number of hydrogen-bond donors (Lipinski definition) is 0. The van der Waals surface area contributed by atoms with Crippen molar-refractivity contribution in [1.82, 2.24) is 0 Å². The van der Waals surface area contributed by atoms with Crippen molar-refractivity contribution in [2.24, 2.45) is 0 Å². The minimum Gasteiger partial charge on any atom is -0.369 e. The molecule has 0 saturated carbocycles. The van der Waals surface area contributed by atoms with Crippen LogP contribution < -0.4 is 0 Å². The third kappa shape index (κ3) is 3.82. The Morgan fingerprint density at radius 2 is 2.06 bits per heavy atom. The number of halogens is 2. The lowest BCUT2D eigenvalue weighted by Crippen LogP contribution is -2.07. The van der Waals surface area contributed by atoms with Gasteiger partial charge in [-0.1, -0.05) is 35.3 Å². The van der Waals surface area contributed by atoms with E-state index in [1.807, 2.05) is 18.2 Å². The summed E-state index contributed by atoms with van der Waals surface area (Å²) >= 11 is 12.9. The second-order valence-electron chi connectivity index (χ2n) is 3.65. The number of Topliss-reactive ketones (excluding diaryl/α,β-unsaturated/α-hetero) is 1. The van der Waals surface area contributed by atoms with Crippen molar-refractivity contribution in [3.05, 3.63) is 56.2 Å². The average Bonchev–Trinajstić information content (AvgIpc) is 2.76. The maximum Gasteiger partial charge on any atom is 0.198 e. The van der Waals surface area contributed by atoms with E-state index in [1.54, 1.807) is 18.2 Å². The highest BCUT2D eigenvalue weighted by Gasteiger charge is 2.08. The summed E-state index contributed by atoms with van der Waals surface area (Å²) < 4.78 is 5.96. The Morgan fingerprint density at radius 1 is 1.22 bits per heavy atom. The molecule has 2 nitrogen and oxygen atoms in total. The first-order valence-electron chi connectivity index (χ1n) is 5.26. The largest absolute Gasteiger partial charge is 0.369 e. The number of ketones is 1. The van der Waals surface area contributed by atoms with Gasteiger partial charge in [-0.3, -0.25) is 4.79 Å². The third-order valence-electron chi connectivity index (χ3n) is 2.24. The van der Waals surface area contributed by atoms with Gasteiger partial charge in [0.15, 0.2) is 5.78 Å². The Hall–Kier alpha value is -0.870. The van der Waals surface area contributed by atoms with Crippen LogP contribution in [0.1, 0.15) is 15.2 Å². The summed E-state index contributed by atoms with van der Waals surface area (Å²) in [5, 5.41) is 0.660. The van der Waals surface area contributed by atoms with Crippen LogP contribution in [0.3, 0.4) is 0 Å². The van der Waals surface area contributed by atoms with Crippen molar-refractivity contribution in [3.8, 4) is 0 Å². The second kappa shape index (κ2) is 6.34. The molecule has 0 saturated heterocycles. The Kier molecular flexibility index (Phi) is 4.78. The summed E-state index contributed by atoms with van der Waals surface area (Å²) in [4.78, 5) is 12.3. The number of ether oxygens (including phenoxy) is 1. The standard InChI is InChI=1S/C13H10Cl2O2S/c14-10-3-1-2-9(6-10)7-17-8-11(16)12-4-5-13(15)18-12/h1-6H,7-8H2. The smallest absolute Gasteiger partial charge is 0.198 e. The molecule has 0 aliphatic carbocycles. The summed E-state index contributed by atoms with van der Waals surface area (Å²) in [6, 6.07) is 10.8. The molecule has 1 aromatic carbocycles. The van der Waals surface area contributed by atoms with Crippen molar-refractivity contribution in [2.75, 3.05) is 6.61 Å². The summed E-state index contributed by atoms with van der Waals surface area (Å²) in [7, 11) is 0. The number of benzene rings is 1. The van der Waals surface area contributed by atoms with Gasteiger partial charge in [0.1, 0.15) is 6.61 Å². The average molecular weight is 301 g/mol. The molecule has 0 aliphatic heterocycles. The van der Waals surface area contributed by atoms with Gasteiger partial charge in [-0.05, 0) is 29.8 Å². The first kappa shape index (κ1) is 13.6. The molecule has 0 bridgehead atoms. The highest BCUT2D eigenvalue weighted by atomic mass is 35.5. The maximum absolute atomic E-state index is 11.7. The molecule has 2 rings (SSSR count). The van der Waals surface area contributed by atoms with E-state index in [2.05, 4.69) is 0 Å². The SMILES string of the molecule is O=C(COCc1cccc(Cl)c1)c1ccc(Cl)s1. The van der Waals surface area contributed by atoms with E-state index in [1.165, 1.54) is 11.3 Å². The molecule has 0 atom stereocenters. The lowest BCUT2D eigenvalue weighted by atomic mass is 10.2. The monoisotopic (exact) mass is 300 g/mol. The van der Waals surface area contributed by atoms with Gasteiger partial charge in [-0.2, -0.15) is 0 Å². The normalized spacial score (nSPS) is 10.6.